The Morgan fingerprint density at radius 3 is 2.58 bits per heavy atom. The van der Waals surface area contributed by atoms with Crippen LogP contribution in [0.3, 0.4) is 0 Å². The van der Waals surface area contributed by atoms with Crippen molar-refractivity contribution < 1.29 is 4.79 Å². The Morgan fingerprint density at radius 2 is 2.05 bits per heavy atom. The lowest BCUT2D eigenvalue weighted by Crippen LogP contribution is -2.32. The maximum absolute atomic E-state index is 12.0. The van der Waals surface area contributed by atoms with Gasteiger partial charge < -0.3 is 11.1 Å². The molecule has 0 saturated carbocycles. The summed E-state index contributed by atoms with van der Waals surface area (Å²) < 4.78 is 0. The van der Waals surface area contributed by atoms with Gasteiger partial charge in [0.1, 0.15) is 0 Å². The van der Waals surface area contributed by atoms with Gasteiger partial charge in [-0.25, -0.2) is 0 Å². The molecule has 0 radical (unpaired) electrons. The zero-order valence-electron chi connectivity index (χ0n) is 11.8. The highest BCUT2D eigenvalue weighted by atomic mass is 16.2. The fourth-order valence-corrected chi connectivity index (χ4v) is 2.49. The van der Waals surface area contributed by atoms with Crippen molar-refractivity contribution in [3.8, 4) is 0 Å². The third-order valence-electron chi connectivity index (χ3n) is 3.60. The molecule has 1 aromatic carbocycles. The van der Waals surface area contributed by atoms with E-state index in [2.05, 4.69) is 24.1 Å². The van der Waals surface area contributed by atoms with Gasteiger partial charge in [0.15, 0.2) is 0 Å². The summed E-state index contributed by atoms with van der Waals surface area (Å²) in [6.45, 7) is 7.49. The minimum Gasteiger partial charge on any atom is -0.326 e. The molecule has 1 aliphatic heterocycles. The largest absolute Gasteiger partial charge is 0.326 e. The fraction of sp³-hybridized carbons (Fsp3) is 0.533. The molecule has 104 valence electrons. The predicted octanol–water partition coefficient (Wildman–Crippen LogP) is 1.82. The number of carbonyl (C=O) groups is 1. The molecule has 1 aromatic rings. The summed E-state index contributed by atoms with van der Waals surface area (Å²) in [6.07, 6.45) is 1.16. The standard InChI is InChI=1S/C15H23N3O/c1-15(2)7-8-18(11-15)10-14(19)17-13-5-3-12(9-16)4-6-13/h3-6H,7-11,16H2,1-2H3,(H,17,19). The minimum atomic E-state index is 0.0539. The van der Waals surface area contributed by atoms with Crippen LogP contribution in [0.2, 0.25) is 0 Å². The van der Waals surface area contributed by atoms with E-state index < -0.39 is 0 Å². The first-order valence-electron chi connectivity index (χ1n) is 6.80. The molecule has 4 nitrogen and oxygen atoms in total. The number of carbonyl (C=O) groups excluding carboxylic acids is 1. The summed E-state index contributed by atoms with van der Waals surface area (Å²) in [5.74, 6) is 0.0539. The highest BCUT2D eigenvalue weighted by Crippen LogP contribution is 2.28. The smallest absolute Gasteiger partial charge is 0.238 e. The predicted molar refractivity (Wildman–Crippen MR) is 77.8 cm³/mol. The van der Waals surface area contributed by atoms with Gasteiger partial charge >= 0.3 is 0 Å². The van der Waals surface area contributed by atoms with Crippen LogP contribution in [0.15, 0.2) is 24.3 Å². The molecule has 1 heterocycles. The van der Waals surface area contributed by atoms with Gasteiger partial charge in [0.2, 0.25) is 5.91 Å². The number of nitrogens with one attached hydrogen (secondary N) is 1. The second-order valence-corrected chi connectivity index (χ2v) is 6.07. The minimum absolute atomic E-state index is 0.0539. The lowest BCUT2D eigenvalue weighted by atomic mass is 9.93. The first kappa shape index (κ1) is 14.0. The Kier molecular flexibility index (Phi) is 4.22. The third kappa shape index (κ3) is 4.04. The van der Waals surface area contributed by atoms with Crippen LogP contribution >= 0.6 is 0 Å². The summed E-state index contributed by atoms with van der Waals surface area (Å²) in [7, 11) is 0. The maximum Gasteiger partial charge on any atom is 0.238 e. The number of nitrogens with zero attached hydrogens (tertiary/aromatic N) is 1. The number of likely N-dealkylation sites (tertiary alicyclic amines) is 1. The summed E-state index contributed by atoms with van der Waals surface area (Å²) in [4.78, 5) is 14.2. The molecule has 1 aliphatic rings. The van der Waals surface area contributed by atoms with Crippen LogP contribution in [-0.2, 0) is 11.3 Å². The van der Waals surface area contributed by atoms with Crippen molar-refractivity contribution in [2.24, 2.45) is 11.1 Å². The van der Waals surface area contributed by atoms with Crippen molar-refractivity contribution in [1.82, 2.24) is 4.90 Å². The molecule has 0 atom stereocenters. The van der Waals surface area contributed by atoms with Crippen molar-refractivity contribution in [2.45, 2.75) is 26.8 Å². The number of benzene rings is 1. The van der Waals surface area contributed by atoms with Crippen LogP contribution in [0.5, 0.6) is 0 Å². The summed E-state index contributed by atoms with van der Waals surface area (Å²) >= 11 is 0. The molecule has 1 fully saturated rings. The van der Waals surface area contributed by atoms with Crippen LogP contribution in [0.1, 0.15) is 25.8 Å². The van der Waals surface area contributed by atoms with E-state index in [1.54, 1.807) is 0 Å². The van der Waals surface area contributed by atoms with Crippen LogP contribution in [-0.4, -0.2) is 30.4 Å². The van der Waals surface area contributed by atoms with Gasteiger partial charge in [0.25, 0.3) is 0 Å². The van der Waals surface area contributed by atoms with E-state index in [-0.39, 0.29) is 5.91 Å². The molecule has 0 unspecified atom stereocenters. The second kappa shape index (κ2) is 5.72. The summed E-state index contributed by atoms with van der Waals surface area (Å²) in [5, 5.41) is 2.93. The molecule has 0 bridgehead atoms. The molecule has 19 heavy (non-hydrogen) atoms. The topological polar surface area (TPSA) is 58.4 Å². The molecule has 0 aromatic heterocycles. The van der Waals surface area contributed by atoms with E-state index in [0.29, 0.717) is 18.5 Å². The average molecular weight is 261 g/mol. The average Bonchev–Trinajstić information content (AvgIpc) is 2.69. The Balaban J connectivity index is 1.84. The van der Waals surface area contributed by atoms with Gasteiger partial charge in [-0.3, -0.25) is 9.69 Å². The second-order valence-electron chi connectivity index (χ2n) is 6.07. The van der Waals surface area contributed by atoms with Crippen molar-refractivity contribution >= 4 is 11.6 Å². The normalized spacial score (nSPS) is 18.5. The number of nitrogens with two attached hydrogens (primary N) is 1. The summed E-state index contributed by atoms with van der Waals surface area (Å²) in [6, 6.07) is 7.67. The van der Waals surface area contributed by atoms with Crippen molar-refractivity contribution in [3.63, 3.8) is 0 Å². The Labute approximate surface area is 115 Å². The Morgan fingerprint density at radius 1 is 1.37 bits per heavy atom. The van der Waals surface area contributed by atoms with Gasteiger partial charge in [-0.05, 0) is 36.1 Å². The number of hydrogen-bond donors (Lipinski definition) is 2. The third-order valence-corrected chi connectivity index (χ3v) is 3.60. The molecular weight excluding hydrogens is 238 g/mol. The molecule has 1 amide bonds. The molecular formula is C15H23N3O. The van der Waals surface area contributed by atoms with Crippen LogP contribution in [0.25, 0.3) is 0 Å². The lowest BCUT2D eigenvalue weighted by Gasteiger charge is -2.19. The van der Waals surface area contributed by atoms with Crippen LogP contribution in [0, 0.1) is 5.41 Å². The molecule has 1 saturated heterocycles. The Bertz CT molecular complexity index is 439. The first-order valence-corrected chi connectivity index (χ1v) is 6.80. The van der Waals surface area contributed by atoms with Gasteiger partial charge in [0.05, 0.1) is 6.54 Å². The van der Waals surface area contributed by atoms with Gasteiger partial charge in [-0.2, -0.15) is 0 Å². The van der Waals surface area contributed by atoms with E-state index >= 15 is 0 Å². The zero-order chi connectivity index (χ0) is 13.9. The quantitative estimate of drug-likeness (QED) is 0.869. The SMILES string of the molecule is CC1(C)CCN(CC(=O)Nc2ccc(CN)cc2)C1. The van der Waals surface area contributed by atoms with E-state index in [0.717, 1.165) is 30.8 Å². The zero-order valence-corrected chi connectivity index (χ0v) is 11.8. The molecule has 0 aliphatic carbocycles. The van der Waals surface area contributed by atoms with Crippen molar-refractivity contribution in [3.05, 3.63) is 29.8 Å². The lowest BCUT2D eigenvalue weighted by molar-refractivity contribution is -0.117. The van der Waals surface area contributed by atoms with Gasteiger partial charge in [0, 0.05) is 18.8 Å². The van der Waals surface area contributed by atoms with E-state index in [4.69, 9.17) is 5.73 Å². The molecule has 4 heteroatoms. The van der Waals surface area contributed by atoms with E-state index in [1.165, 1.54) is 0 Å². The number of amides is 1. The van der Waals surface area contributed by atoms with Crippen molar-refractivity contribution in [2.75, 3.05) is 25.0 Å². The molecule has 2 rings (SSSR count). The maximum atomic E-state index is 12.0. The first-order chi connectivity index (χ1) is 8.98. The number of hydrogen-bond acceptors (Lipinski definition) is 3. The highest BCUT2D eigenvalue weighted by molar-refractivity contribution is 5.92. The van der Waals surface area contributed by atoms with E-state index in [1.807, 2.05) is 24.3 Å². The van der Waals surface area contributed by atoms with E-state index in [9.17, 15) is 4.79 Å². The Hall–Kier alpha value is -1.39. The van der Waals surface area contributed by atoms with Gasteiger partial charge in [-0.15, -0.1) is 0 Å². The highest BCUT2D eigenvalue weighted by Gasteiger charge is 2.29. The molecule has 3 N–H and O–H groups in total. The summed E-state index contributed by atoms with van der Waals surface area (Å²) in [5.41, 5.74) is 7.78. The molecule has 0 spiro atoms. The monoisotopic (exact) mass is 261 g/mol. The number of anilines is 1. The van der Waals surface area contributed by atoms with Crippen molar-refractivity contribution in [1.29, 1.82) is 0 Å². The van der Waals surface area contributed by atoms with Crippen LogP contribution < -0.4 is 11.1 Å². The fourth-order valence-electron chi connectivity index (χ4n) is 2.49. The van der Waals surface area contributed by atoms with Crippen LogP contribution in [0.4, 0.5) is 5.69 Å². The van der Waals surface area contributed by atoms with Gasteiger partial charge in [-0.1, -0.05) is 26.0 Å². The number of rotatable bonds is 4.